The molecule has 6 nitrogen and oxygen atoms in total. The first-order chi connectivity index (χ1) is 11.0. The summed E-state index contributed by atoms with van der Waals surface area (Å²) in [6.07, 6.45) is -0.599. The predicted molar refractivity (Wildman–Crippen MR) is 83.7 cm³/mol. The van der Waals surface area contributed by atoms with E-state index in [1.54, 1.807) is 19.1 Å². The van der Waals surface area contributed by atoms with Crippen LogP contribution in [0.25, 0.3) is 0 Å². The average Bonchev–Trinajstić information content (AvgIpc) is 2.96. The molecule has 0 spiro atoms. The number of halogens is 1. The highest BCUT2D eigenvalue weighted by Gasteiger charge is 2.18. The summed E-state index contributed by atoms with van der Waals surface area (Å²) in [5, 5.41) is 10.7. The maximum absolute atomic E-state index is 13.5. The van der Waals surface area contributed by atoms with Crippen LogP contribution in [-0.2, 0) is 4.79 Å². The number of hydrogen-bond acceptors (Lipinski definition) is 6. The van der Waals surface area contributed by atoms with Gasteiger partial charge in [0.05, 0.1) is 5.75 Å². The topological polar surface area (TPSA) is 77.2 Å². The van der Waals surface area contributed by atoms with Gasteiger partial charge in [0.15, 0.2) is 17.7 Å². The van der Waals surface area contributed by atoms with Crippen molar-refractivity contribution < 1.29 is 18.3 Å². The number of carbonyl (C=O) groups is 1. The van der Waals surface area contributed by atoms with Gasteiger partial charge < -0.3 is 14.5 Å². The highest BCUT2D eigenvalue weighted by atomic mass is 32.2. The Balaban J connectivity index is 1.91. The molecule has 0 fully saturated rings. The second-order valence-corrected chi connectivity index (χ2v) is 6.03. The molecule has 0 aliphatic heterocycles. The van der Waals surface area contributed by atoms with Crippen molar-refractivity contribution in [3.63, 3.8) is 0 Å². The molecule has 0 aliphatic carbocycles. The fourth-order valence-corrected chi connectivity index (χ4v) is 2.30. The van der Waals surface area contributed by atoms with Crippen molar-refractivity contribution in [2.45, 2.75) is 38.1 Å². The Labute approximate surface area is 137 Å². The van der Waals surface area contributed by atoms with Gasteiger partial charge in [0, 0.05) is 6.04 Å². The molecule has 0 saturated carbocycles. The second-order valence-electron chi connectivity index (χ2n) is 5.11. The number of thioether (sulfide) groups is 1. The predicted octanol–water partition coefficient (Wildman–Crippen LogP) is 2.97. The summed E-state index contributed by atoms with van der Waals surface area (Å²) in [5.41, 5.74) is 0. The molecule has 0 radical (unpaired) electrons. The van der Waals surface area contributed by atoms with Crippen LogP contribution in [0.3, 0.4) is 0 Å². The van der Waals surface area contributed by atoms with Crippen molar-refractivity contribution in [2.75, 3.05) is 5.75 Å². The minimum absolute atomic E-state index is 0.0792. The molecule has 1 aromatic heterocycles. The van der Waals surface area contributed by atoms with Gasteiger partial charge in [0.2, 0.25) is 5.91 Å². The van der Waals surface area contributed by atoms with Crippen LogP contribution in [0.15, 0.2) is 33.9 Å². The van der Waals surface area contributed by atoms with Gasteiger partial charge in [-0.25, -0.2) is 4.39 Å². The van der Waals surface area contributed by atoms with E-state index in [0.29, 0.717) is 0 Å². The summed E-state index contributed by atoms with van der Waals surface area (Å²) in [4.78, 5) is 11.6. The lowest BCUT2D eigenvalue weighted by atomic mass is 10.3. The van der Waals surface area contributed by atoms with Gasteiger partial charge in [-0.05, 0) is 32.9 Å². The lowest BCUT2D eigenvalue weighted by molar-refractivity contribution is -0.119. The number of rotatable bonds is 7. The molecule has 2 aromatic rings. The van der Waals surface area contributed by atoms with E-state index in [9.17, 15) is 9.18 Å². The van der Waals surface area contributed by atoms with Gasteiger partial charge in [-0.2, -0.15) is 0 Å². The standard InChI is InChI=1S/C15H18FN3O3S/c1-9(2)17-13(20)8-23-15-19-18-14(22-15)10(3)21-12-7-5-4-6-11(12)16/h4-7,9-10H,8H2,1-3H3,(H,17,20). The molecule has 124 valence electrons. The molecule has 1 unspecified atom stereocenters. The van der Waals surface area contributed by atoms with Crippen LogP contribution in [0, 0.1) is 5.82 Å². The minimum Gasteiger partial charge on any atom is -0.478 e. The molecule has 1 amide bonds. The Morgan fingerprint density at radius 2 is 2.09 bits per heavy atom. The lowest BCUT2D eigenvalue weighted by Crippen LogP contribution is -2.31. The molecule has 1 atom stereocenters. The number of aromatic nitrogens is 2. The van der Waals surface area contributed by atoms with E-state index in [4.69, 9.17) is 9.15 Å². The fourth-order valence-electron chi connectivity index (χ4n) is 1.72. The van der Waals surface area contributed by atoms with Gasteiger partial charge in [-0.15, -0.1) is 10.2 Å². The quantitative estimate of drug-likeness (QED) is 0.782. The average molecular weight is 339 g/mol. The third-order valence-electron chi connectivity index (χ3n) is 2.69. The Morgan fingerprint density at radius 3 is 2.78 bits per heavy atom. The number of amides is 1. The van der Waals surface area contributed by atoms with Gasteiger partial charge in [0.25, 0.3) is 11.1 Å². The summed E-state index contributed by atoms with van der Waals surface area (Å²) in [5.74, 6) is -0.0505. The van der Waals surface area contributed by atoms with E-state index in [2.05, 4.69) is 15.5 Å². The van der Waals surface area contributed by atoms with E-state index in [0.717, 1.165) is 11.8 Å². The lowest BCUT2D eigenvalue weighted by Gasteiger charge is -2.11. The SMILES string of the molecule is CC(C)NC(=O)CSc1nnc(C(C)Oc2ccccc2F)o1. The van der Waals surface area contributed by atoms with E-state index in [-0.39, 0.29) is 34.6 Å². The van der Waals surface area contributed by atoms with Gasteiger partial charge in [0.1, 0.15) is 0 Å². The molecule has 0 bridgehead atoms. The molecule has 23 heavy (non-hydrogen) atoms. The molecule has 2 rings (SSSR count). The summed E-state index contributed by atoms with van der Waals surface area (Å²) in [6, 6.07) is 6.17. The van der Waals surface area contributed by atoms with Crippen molar-refractivity contribution in [1.29, 1.82) is 0 Å². The molecule has 0 aliphatic rings. The largest absolute Gasteiger partial charge is 0.478 e. The van der Waals surface area contributed by atoms with E-state index < -0.39 is 11.9 Å². The van der Waals surface area contributed by atoms with E-state index >= 15 is 0 Å². The summed E-state index contributed by atoms with van der Waals surface area (Å²) >= 11 is 1.14. The molecule has 1 heterocycles. The van der Waals surface area contributed by atoms with Crippen LogP contribution >= 0.6 is 11.8 Å². The van der Waals surface area contributed by atoms with E-state index in [1.807, 2.05) is 13.8 Å². The van der Waals surface area contributed by atoms with Crippen LogP contribution in [0.1, 0.15) is 32.8 Å². The summed E-state index contributed by atoms with van der Waals surface area (Å²) in [7, 11) is 0. The van der Waals surface area contributed by atoms with E-state index in [1.165, 1.54) is 12.1 Å². The number of carbonyl (C=O) groups excluding carboxylic acids is 1. The number of nitrogens with zero attached hydrogens (tertiary/aromatic N) is 2. The number of benzene rings is 1. The van der Waals surface area contributed by atoms with Gasteiger partial charge in [-0.3, -0.25) is 4.79 Å². The number of para-hydroxylation sites is 1. The second kappa shape index (κ2) is 7.96. The van der Waals surface area contributed by atoms with Gasteiger partial charge >= 0.3 is 0 Å². The zero-order valence-electron chi connectivity index (χ0n) is 13.1. The van der Waals surface area contributed by atoms with Crippen LogP contribution in [0.4, 0.5) is 4.39 Å². The van der Waals surface area contributed by atoms with Crippen molar-refractivity contribution in [3.8, 4) is 5.75 Å². The monoisotopic (exact) mass is 339 g/mol. The van der Waals surface area contributed by atoms with Crippen LogP contribution in [0.2, 0.25) is 0 Å². The molecule has 1 aromatic carbocycles. The maximum Gasteiger partial charge on any atom is 0.277 e. The normalized spacial score (nSPS) is 12.2. The third kappa shape index (κ3) is 5.24. The summed E-state index contributed by atoms with van der Waals surface area (Å²) in [6.45, 7) is 5.45. The first-order valence-electron chi connectivity index (χ1n) is 7.12. The smallest absolute Gasteiger partial charge is 0.277 e. The number of nitrogens with one attached hydrogen (secondary N) is 1. The Kier molecular flexibility index (Phi) is 5.97. The first kappa shape index (κ1) is 17.3. The Hall–Kier alpha value is -2.09. The first-order valence-corrected chi connectivity index (χ1v) is 8.11. The molecule has 1 N–H and O–H groups in total. The highest BCUT2D eigenvalue weighted by Crippen LogP contribution is 2.25. The number of ether oxygens (including phenoxy) is 1. The fraction of sp³-hybridized carbons (Fsp3) is 0.400. The van der Waals surface area contributed by atoms with Crippen molar-refractivity contribution in [2.24, 2.45) is 0 Å². The van der Waals surface area contributed by atoms with Crippen molar-refractivity contribution in [3.05, 3.63) is 36.0 Å². The molecule has 0 saturated heterocycles. The number of hydrogen-bond donors (Lipinski definition) is 1. The third-order valence-corrected chi connectivity index (χ3v) is 3.51. The van der Waals surface area contributed by atoms with Crippen molar-refractivity contribution in [1.82, 2.24) is 15.5 Å². The van der Waals surface area contributed by atoms with Crippen LogP contribution in [0.5, 0.6) is 5.75 Å². The summed E-state index contributed by atoms with van der Waals surface area (Å²) < 4.78 is 24.4. The maximum atomic E-state index is 13.5. The molecular formula is C15H18FN3O3S. The van der Waals surface area contributed by atoms with Gasteiger partial charge in [-0.1, -0.05) is 23.9 Å². The molecule has 8 heteroatoms. The highest BCUT2D eigenvalue weighted by molar-refractivity contribution is 7.99. The Morgan fingerprint density at radius 1 is 1.35 bits per heavy atom. The Bertz CT molecular complexity index is 663. The van der Waals surface area contributed by atoms with Crippen LogP contribution < -0.4 is 10.1 Å². The van der Waals surface area contributed by atoms with Crippen LogP contribution in [-0.4, -0.2) is 27.9 Å². The minimum atomic E-state index is -0.599. The van der Waals surface area contributed by atoms with Crippen molar-refractivity contribution >= 4 is 17.7 Å². The zero-order valence-corrected chi connectivity index (χ0v) is 13.9. The molecular weight excluding hydrogens is 321 g/mol. The zero-order chi connectivity index (χ0) is 16.8.